The molecule has 0 saturated heterocycles. The van der Waals surface area contributed by atoms with E-state index in [1.165, 1.54) is 11.1 Å². The van der Waals surface area contributed by atoms with Gasteiger partial charge < -0.3 is 4.74 Å². The maximum Gasteiger partial charge on any atom is 0.187 e. The average Bonchev–Trinajstić information content (AvgIpc) is 3.23. The van der Waals surface area contributed by atoms with Crippen molar-refractivity contribution in [2.24, 2.45) is 5.10 Å². The van der Waals surface area contributed by atoms with E-state index in [9.17, 15) is 0 Å². The van der Waals surface area contributed by atoms with Crippen LogP contribution < -0.4 is 4.74 Å². The minimum atomic E-state index is -0.0158. The first-order valence-corrected chi connectivity index (χ1v) is 10.1. The third-order valence-electron chi connectivity index (χ3n) is 6.07. The Hall–Kier alpha value is -3.89. The Balaban J connectivity index is 1.52. The second-order valence-electron chi connectivity index (χ2n) is 7.72. The lowest BCUT2D eigenvalue weighted by atomic mass is 9.87. The summed E-state index contributed by atoms with van der Waals surface area (Å²) in [5.41, 5.74) is 6.99. The number of fused-ring (bicyclic) bond motifs is 2. The van der Waals surface area contributed by atoms with Gasteiger partial charge in [0.05, 0.1) is 11.7 Å². The smallest absolute Gasteiger partial charge is 0.187 e. The van der Waals surface area contributed by atoms with E-state index in [1.54, 1.807) is 6.07 Å². The quantitative estimate of drug-likeness (QED) is 0.368. The number of rotatable bonds is 2. The lowest BCUT2D eigenvalue weighted by molar-refractivity contribution is 0.170. The maximum atomic E-state index is 7.31. The van der Waals surface area contributed by atoms with Crippen molar-refractivity contribution in [1.29, 1.82) is 0 Å². The van der Waals surface area contributed by atoms with Crippen molar-refractivity contribution < 1.29 is 4.74 Å². The number of hydrogen-bond acceptors (Lipinski definition) is 2. The summed E-state index contributed by atoms with van der Waals surface area (Å²) in [7, 11) is 0. The molecule has 0 aromatic heterocycles. The zero-order valence-electron chi connectivity index (χ0n) is 16.4. The third kappa shape index (κ3) is 3.13. The summed E-state index contributed by atoms with van der Waals surface area (Å²) < 4.78 is 6.45. The van der Waals surface area contributed by atoms with Crippen LogP contribution in [0, 0.1) is 13.1 Å². The highest BCUT2D eigenvalue weighted by Crippen LogP contribution is 2.42. The highest BCUT2D eigenvalue weighted by Gasteiger charge is 2.36. The summed E-state index contributed by atoms with van der Waals surface area (Å²) >= 11 is 0. The van der Waals surface area contributed by atoms with Crippen molar-refractivity contribution in [1.82, 2.24) is 0 Å². The summed E-state index contributed by atoms with van der Waals surface area (Å²) in [4.78, 5) is 6.86. The molecule has 1 aliphatic carbocycles. The minimum absolute atomic E-state index is 0.0158. The van der Waals surface area contributed by atoms with Crippen molar-refractivity contribution in [3.05, 3.63) is 106 Å². The topological polar surface area (TPSA) is 30.3 Å². The molecule has 0 fully saturated rings. The van der Waals surface area contributed by atoms with E-state index in [1.807, 2.05) is 36.4 Å². The van der Waals surface area contributed by atoms with Gasteiger partial charge in [-0.25, -0.2) is 4.85 Å². The Kier molecular flexibility index (Phi) is 4.54. The first kappa shape index (κ1) is 18.2. The fourth-order valence-corrected chi connectivity index (χ4v) is 4.65. The Bertz CT molecular complexity index is 1250. The Labute approximate surface area is 176 Å². The van der Waals surface area contributed by atoms with Gasteiger partial charge in [0.2, 0.25) is 0 Å². The van der Waals surface area contributed by atoms with Crippen molar-refractivity contribution in [2.75, 3.05) is 0 Å². The lowest BCUT2D eigenvalue weighted by Crippen LogP contribution is -2.32. The van der Waals surface area contributed by atoms with Crippen LogP contribution in [0.25, 0.3) is 20.9 Å². The standard InChI is InChI=1S/C26H19N3O/c1-27-20-8-5-7-18(14-20)19-11-13-25-23(15-19)24(29-28-2)16-26(30-25)22-12-10-17-6-3-4-9-21(17)22/h3-9,11,13-15,22,26H,10,12,16H2. The van der Waals surface area contributed by atoms with Gasteiger partial charge in [-0.15, -0.1) is 4.95 Å². The first-order chi connectivity index (χ1) is 14.8. The number of aryl methyl sites for hydroxylation is 1. The molecule has 2 aliphatic rings. The highest BCUT2D eigenvalue weighted by molar-refractivity contribution is 6.05. The van der Waals surface area contributed by atoms with Crippen molar-refractivity contribution in [3.8, 4) is 16.9 Å². The lowest BCUT2D eigenvalue weighted by Gasteiger charge is -2.31. The molecule has 30 heavy (non-hydrogen) atoms. The van der Waals surface area contributed by atoms with E-state index in [0.29, 0.717) is 18.0 Å². The number of hydrogen-bond donors (Lipinski definition) is 0. The van der Waals surface area contributed by atoms with E-state index < -0.39 is 0 Å². The summed E-state index contributed by atoms with van der Waals surface area (Å²) in [5.74, 6) is 1.10. The molecule has 144 valence electrons. The largest absolute Gasteiger partial charge is 0.489 e. The van der Waals surface area contributed by atoms with Gasteiger partial charge in [-0.1, -0.05) is 48.5 Å². The molecule has 2 atom stereocenters. The molecule has 0 saturated carbocycles. The van der Waals surface area contributed by atoms with Crippen LogP contribution in [-0.4, -0.2) is 11.8 Å². The van der Waals surface area contributed by atoms with E-state index in [-0.39, 0.29) is 6.10 Å². The predicted octanol–water partition coefficient (Wildman–Crippen LogP) is 6.41. The van der Waals surface area contributed by atoms with Crippen LogP contribution in [0.2, 0.25) is 0 Å². The molecule has 0 bridgehead atoms. The summed E-state index contributed by atoms with van der Waals surface area (Å²) in [6, 6.07) is 22.2. The minimum Gasteiger partial charge on any atom is -0.489 e. The molecule has 3 aromatic carbocycles. The summed E-state index contributed by atoms with van der Waals surface area (Å²) in [6.07, 6.45) is 2.74. The maximum absolute atomic E-state index is 7.31. The van der Waals surface area contributed by atoms with Gasteiger partial charge in [0.25, 0.3) is 0 Å². The average molecular weight is 389 g/mol. The monoisotopic (exact) mass is 389 g/mol. The van der Waals surface area contributed by atoms with Gasteiger partial charge in [0, 0.05) is 17.9 Å². The molecule has 0 spiro atoms. The normalized spacial score (nSPS) is 20.5. The number of nitrogens with zero attached hydrogens (tertiary/aromatic N) is 3. The van der Waals surface area contributed by atoms with Crippen LogP contribution in [0.15, 0.2) is 71.8 Å². The van der Waals surface area contributed by atoms with E-state index >= 15 is 0 Å². The van der Waals surface area contributed by atoms with E-state index in [4.69, 9.17) is 17.9 Å². The van der Waals surface area contributed by atoms with Gasteiger partial charge in [-0.05, 0) is 53.3 Å². The molecule has 4 heteroatoms. The molecular weight excluding hydrogens is 370 g/mol. The van der Waals surface area contributed by atoms with Crippen LogP contribution in [-0.2, 0) is 6.42 Å². The first-order valence-electron chi connectivity index (χ1n) is 10.1. The van der Waals surface area contributed by atoms with Crippen molar-refractivity contribution >= 4 is 11.4 Å². The highest BCUT2D eigenvalue weighted by atomic mass is 16.5. The molecule has 1 aliphatic heterocycles. The second-order valence-corrected chi connectivity index (χ2v) is 7.72. The zero-order chi connectivity index (χ0) is 20.5. The van der Waals surface area contributed by atoms with Crippen LogP contribution in [0.5, 0.6) is 5.75 Å². The Morgan fingerprint density at radius 2 is 1.80 bits per heavy atom. The second kappa shape index (κ2) is 7.50. The van der Waals surface area contributed by atoms with Gasteiger partial charge >= 0.3 is 0 Å². The Morgan fingerprint density at radius 3 is 2.67 bits per heavy atom. The summed E-state index contributed by atoms with van der Waals surface area (Å²) in [6.45, 7) is 14.6. The number of ether oxygens (including phenoxy) is 1. The van der Waals surface area contributed by atoms with Gasteiger partial charge in [-0.3, -0.25) is 0 Å². The van der Waals surface area contributed by atoms with Crippen molar-refractivity contribution in [3.63, 3.8) is 0 Å². The van der Waals surface area contributed by atoms with Crippen LogP contribution in [0.1, 0.15) is 35.4 Å². The zero-order valence-corrected chi connectivity index (χ0v) is 16.4. The summed E-state index contributed by atoms with van der Waals surface area (Å²) in [5, 5.41) is 4.15. The molecule has 0 radical (unpaired) electrons. The van der Waals surface area contributed by atoms with Gasteiger partial charge in [0.1, 0.15) is 17.6 Å². The van der Waals surface area contributed by atoms with Gasteiger partial charge in [0.15, 0.2) is 5.69 Å². The fraction of sp³-hybridized carbons (Fsp3) is 0.192. The van der Waals surface area contributed by atoms with Crippen molar-refractivity contribution in [2.45, 2.75) is 31.3 Å². The molecule has 4 nitrogen and oxygen atoms in total. The SMILES string of the molecule is [C-]#[N+]N=C1CC(C2CCc3ccccc32)Oc2ccc(-c3cccc([N+]#[C-])c3)cc21. The molecule has 0 amide bonds. The third-order valence-corrected chi connectivity index (χ3v) is 6.07. The van der Waals surface area contributed by atoms with Gasteiger partial charge in [-0.2, -0.15) is 6.57 Å². The molecule has 0 N–H and O–H groups in total. The molecule has 2 unspecified atom stereocenters. The molecular formula is C26H19N3O. The van der Waals surface area contributed by atoms with E-state index in [2.05, 4.69) is 39.2 Å². The predicted molar refractivity (Wildman–Crippen MR) is 118 cm³/mol. The molecule has 3 aromatic rings. The molecule has 1 heterocycles. The van der Waals surface area contributed by atoms with Crippen LogP contribution in [0.4, 0.5) is 5.69 Å². The van der Waals surface area contributed by atoms with Crippen LogP contribution >= 0.6 is 0 Å². The molecule has 5 rings (SSSR count). The number of benzene rings is 3. The van der Waals surface area contributed by atoms with E-state index in [0.717, 1.165) is 41.0 Å². The van der Waals surface area contributed by atoms with Crippen LogP contribution in [0.3, 0.4) is 0 Å². The fourth-order valence-electron chi connectivity index (χ4n) is 4.65. The Morgan fingerprint density at radius 1 is 0.933 bits per heavy atom.